The molecule has 7 heteroatoms. The lowest BCUT2D eigenvalue weighted by Gasteiger charge is -2.37. The van der Waals surface area contributed by atoms with Crippen molar-refractivity contribution in [2.45, 2.75) is 51.2 Å². The largest absolute Gasteiger partial charge is 0.480 e. The molecule has 2 aliphatic rings. The Labute approximate surface area is 123 Å². The summed E-state index contributed by atoms with van der Waals surface area (Å²) in [7, 11) is 0. The Balaban J connectivity index is 1.52. The summed E-state index contributed by atoms with van der Waals surface area (Å²) in [5, 5.41) is 17.2. The molecule has 21 heavy (non-hydrogen) atoms. The number of hydrogen-bond acceptors (Lipinski definition) is 6. The van der Waals surface area contributed by atoms with Gasteiger partial charge in [0.15, 0.2) is 0 Å². The smallest absolute Gasteiger partial charge is 0.320 e. The zero-order chi connectivity index (χ0) is 14.8. The van der Waals surface area contributed by atoms with Gasteiger partial charge in [0.2, 0.25) is 11.8 Å². The Bertz CT molecular complexity index is 496. The second kappa shape index (κ2) is 6.11. The first-order valence-electron chi connectivity index (χ1n) is 7.63. The molecule has 3 rings (SSSR count). The molecule has 0 saturated carbocycles. The summed E-state index contributed by atoms with van der Waals surface area (Å²) in [6, 6.07) is 0.120. The fourth-order valence-electron chi connectivity index (χ4n) is 3.49. The standard InChI is InChI=1S/C14H22N4O3/c1-10-15-16-13(21-10)9-17-7-4-11(5-8-17)18-6-2-3-12(18)14(19)20/h11-12H,2-9H2,1H3,(H,19,20). The van der Waals surface area contributed by atoms with Gasteiger partial charge in [-0.05, 0) is 32.2 Å². The van der Waals surface area contributed by atoms with Gasteiger partial charge in [0.25, 0.3) is 0 Å². The summed E-state index contributed by atoms with van der Waals surface area (Å²) in [5.41, 5.74) is 0. The normalized spacial score (nSPS) is 25.5. The molecule has 3 heterocycles. The Kier molecular flexibility index (Phi) is 4.21. The third-order valence-electron chi connectivity index (χ3n) is 4.53. The lowest BCUT2D eigenvalue weighted by atomic mass is 10.0. The van der Waals surface area contributed by atoms with Crippen LogP contribution in [0.1, 0.15) is 37.5 Å². The van der Waals surface area contributed by atoms with Crippen molar-refractivity contribution in [3.63, 3.8) is 0 Å². The van der Waals surface area contributed by atoms with Crippen molar-refractivity contribution in [2.75, 3.05) is 19.6 Å². The van der Waals surface area contributed by atoms with Crippen molar-refractivity contribution in [1.29, 1.82) is 0 Å². The first kappa shape index (κ1) is 14.5. The van der Waals surface area contributed by atoms with Crippen LogP contribution in [-0.4, -0.2) is 62.8 Å². The first-order chi connectivity index (χ1) is 10.1. The van der Waals surface area contributed by atoms with E-state index < -0.39 is 5.97 Å². The van der Waals surface area contributed by atoms with Crippen molar-refractivity contribution in [3.8, 4) is 0 Å². The zero-order valence-electron chi connectivity index (χ0n) is 12.4. The van der Waals surface area contributed by atoms with Crippen LogP contribution in [0.4, 0.5) is 0 Å². The molecule has 0 bridgehead atoms. The van der Waals surface area contributed by atoms with Crippen LogP contribution in [0.25, 0.3) is 0 Å². The number of carboxylic acids is 1. The molecule has 2 fully saturated rings. The van der Waals surface area contributed by atoms with Gasteiger partial charge in [-0.3, -0.25) is 14.6 Å². The number of carbonyl (C=O) groups is 1. The fraction of sp³-hybridized carbons (Fsp3) is 0.786. The number of aliphatic carboxylic acids is 1. The lowest BCUT2D eigenvalue weighted by Crippen LogP contribution is -2.48. The predicted octanol–water partition coefficient (Wildman–Crippen LogP) is 0.891. The van der Waals surface area contributed by atoms with E-state index in [1.165, 1.54) is 0 Å². The van der Waals surface area contributed by atoms with E-state index in [-0.39, 0.29) is 6.04 Å². The van der Waals surface area contributed by atoms with E-state index in [0.717, 1.165) is 45.3 Å². The number of aryl methyl sites for hydroxylation is 1. The average Bonchev–Trinajstić information content (AvgIpc) is 3.09. The molecule has 1 unspecified atom stereocenters. The summed E-state index contributed by atoms with van der Waals surface area (Å²) in [6.45, 7) is 5.31. The molecular formula is C14H22N4O3. The molecule has 1 aromatic heterocycles. The fourth-order valence-corrected chi connectivity index (χ4v) is 3.49. The SMILES string of the molecule is Cc1nnc(CN2CCC(N3CCCC3C(=O)O)CC2)o1. The third kappa shape index (κ3) is 3.24. The molecule has 1 atom stereocenters. The molecule has 7 nitrogen and oxygen atoms in total. The van der Waals surface area contributed by atoms with Gasteiger partial charge in [-0.1, -0.05) is 0 Å². The van der Waals surface area contributed by atoms with Gasteiger partial charge in [0.1, 0.15) is 6.04 Å². The highest BCUT2D eigenvalue weighted by atomic mass is 16.4. The summed E-state index contributed by atoms with van der Waals surface area (Å²) in [4.78, 5) is 15.8. The van der Waals surface area contributed by atoms with E-state index in [9.17, 15) is 9.90 Å². The van der Waals surface area contributed by atoms with Gasteiger partial charge in [0.05, 0.1) is 6.54 Å². The Morgan fingerprint density at radius 1 is 1.29 bits per heavy atom. The number of piperidine rings is 1. The van der Waals surface area contributed by atoms with Crippen LogP contribution in [-0.2, 0) is 11.3 Å². The predicted molar refractivity (Wildman–Crippen MR) is 74.7 cm³/mol. The molecule has 1 aromatic rings. The molecule has 116 valence electrons. The number of hydrogen-bond donors (Lipinski definition) is 1. The van der Waals surface area contributed by atoms with Gasteiger partial charge in [-0.15, -0.1) is 10.2 Å². The molecule has 0 amide bonds. The maximum absolute atomic E-state index is 11.3. The van der Waals surface area contributed by atoms with Crippen molar-refractivity contribution in [2.24, 2.45) is 0 Å². The average molecular weight is 294 g/mol. The van der Waals surface area contributed by atoms with Crippen LogP contribution in [0, 0.1) is 6.92 Å². The molecule has 0 aliphatic carbocycles. The summed E-state index contributed by atoms with van der Waals surface area (Å²) in [5.74, 6) is 0.591. The van der Waals surface area contributed by atoms with Crippen LogP contribution in [0.2, 0.25) is 0 Å². The van der Waals surface area contributed by atoms with Crippen molar-refractivity contribution in [1.82, 2.24) is 20.0 Å². The van der Waals surface area contributed by atoms with Crippen molar-refractivity contribution < 1.29 is 14.3 Å². The van der Waals surface area contributed by atoms with E-state index in [1.54, 1.807) is 6.92 Å². The topological polar surface area (TPSA) is 82.7 Å². The summed E-state index contributed by atoms with van der Waals surface area (Å²) < 4.78 is 5.41. The molecule has 2 aliphatic heterocycles. The van der Waals surface area contributed by atoms with Crippen molar-refractivity contribution >= 4 is 5.97 Å². The third-order valence-corrected chi connectivity index (χ3v) is 4.53. The highest BCUT2D eigenvalue weighted by Crippen LogP contribution is 2.26. The number of carboxylic acid groups (broad SMARTS) is 1. The molecule has 0 spiro atoms. The van der Waals surface area contributed by atoms with E-state index >= 15 is 0 Å². The second-order valence-corrected chi connectivity index (χ2v) is 5.96. The summed E-state index contributed by atoms with van der Waals surface area (Å²) in [6.07, 6.45) is 3.81. The van der Waals surface area contributed by atoms with Gasteiger partial charge in [-0.25, -0.2) is 0 Å². The lowest BCUT2D eigenvalue weighted by molar-refractivity contribution is -0.143. The molecule has 0 aromatic carbocycles. The van der Waals surface area contributed by atoms with E-state index in [0.29, 0.717) is 24.4 Å². The van der Waals surface area contributed by atoms with Crippen LogP contribution < -0.4 is 0 Å². The number of nitrogens with zero attached hydrogens (tertiary/aromatic N) is 4. The minimum atomic E-state index is -0.670. The molecule has 0 radical (unpaired) electrons. The highest BCUT2D eigenvalue weighted by Gasteiger charge is 2.36. The minimum Gasteiger partial charge on any atom is -0.480 e. The summed E-state index contributed by atoms with van der Waals surface area (Å²) >= 11 is 0. The maximum atomic E-state index is 11.3. The molecular weight excluding hydrogens is 272 g/mol. The number of aromatic nitrogens is 2. The second-order valence-electron chi connectivity index (χ2n) is 5.96. The van der Waals surface area contributed by atoms with E-state index in [4.69, 9.17) is 4.42 Å². The Hall–Kier alpha value is -1.47. The quantitative estimate of drug-likeness (QED) is 0.883. The van der Waals surface area contributed by atoms with Crippen LogP contribution in [0.15, 0.2) is 4.42 Å². The van der Waals surface area contributed by atoms with Crippen LogP contribution in [0.5, 0.6) is 0 Å². The molecule has 2 saturated heterocycles. The monoisotopic (exact) mass is 294 g/mol. The highest BCUT2D eigenvalue weighted by molar-refractivity contribution is 5.73. The zero-order valence-corrected chi connectivity index (χ0v) is 12.4. The molecule has 1 N–H and O–H groups in total. The minimum absolute atomic E-state index is 0.278. The van der Waals surface area contributed by atoms with Crippen LogP contribution >= 0.6 is 0 Å². The Morgan fingerprint density at radius 2 is 2.05 bits per heavy atom. The van der Waals surface area contributed by atoms with Crippen LogP contribution in [0.3, 0.4) is 0 Å². The first-order valence-corrected chi connectivity index (χ1v) is 7.63. The van der Waals surface area contributed by atoms with Gasteiger partial charge in [-0.2, -0.15) is 0 Å². The van der Waals surface area contributed by atoms with Crippen molar-refractivity contribution in [3.05, 3.63) is 11.8 Å². The number of rotatable bonds is 4. The van der Waals surface area contributed by atoms with Gasteiger partial charge in [0, 0.05) is 26.1 Å². The maximum Gasteiger partial charge on any atom is 0.320 e. The van der Waals surface area contributed by atoms with Gasteiger partial charge < -0.3 is 9.52 Å². The van der Waals surface area contributed by atoms with E-state index in [1.807, 2.05) is 0 Å². The van der Waals surface area contributed by atoms with Gasteiger partial charge >= 0.3 is 5.97 Å². The number of likely N-dealkylation sites (tertiary alicyclic amines) is 2. The Morgan fingerprint density at radius 3 is 2.67 bits per heavy atom. The van der Waals surface area contributed by atoms with E-state index in [2.05, 4.69) is 20.0 Å².